The normalized spacial score (nSPS) is 12.1. The molecule has 0 saturated carbocycles. The Kier molecular flexibility index (Phi) is 4.59. The van der Waals surface area contributed by atoms with Gasteiger partial charge in [-0.25, -0.2) is 4.98 Å². The first-order chi connectivity index (χ1) is 8.83. The Morgan fingerprint density at radius 2 is 2.28 bits per heavy atom. The van der Waals surface area contributed by atoms with E-state index in [-0.39, 0.29) is 0 Å². The first-order valence-electron chi connectivity index (χ1n) is 6.13. The van der Waals surface area contributed by atoms with Crippen LogP contribution in [0.4, 0.5) is 5.82 Å². The predicted molar refractivity (Wildman–Crippen MR) is 76.4 cm³/mol. The molecule has 3 nitrogen and oxygen atoms in total. The van der Waals surface area contributed by atoms with Crippen LogP contribution in [0, 0.1) is 0 Å². The van der Waals surface area contributed by atoms with Crippen LogP contribution in [-0.4, -0.2) is 12.1 Å². The van der Waals surface area contributed by atoms with Crippen molar-refractivity contribution in [3.63, 3.8) is 0 Å². The van der Waals surface area contributed by atoms with E-state index in [1.807, 2.05) is 12.1 Å². The minimum absolute atomic E-state index is 0.343. The van der Waals surface area contributed by atoms with Crippen molar-refractivity contribution in [2.24, 2.45) is 0 Å². The number of aromatic nitrogens is 1. The summed E-state index contributed by atoms with van der Waals surface area (Å²) in [5, 5.41) is 5.59. The fourth-order valence-electron chi connectivity index (χ4n) is 1.83. The summed E-state index contributed by atoms with van der Waals surface area (Å²) >= 11 is 1.78. The number of anilines is 1. The van der Waals surface area contributed by atoms with Gasteiger partial charge in [-0.2, -0.15) is 0 Å². The fourth-order valence-corrected chi connectivity index (χ4v) is 2.64. The van der Waals surface area contributed by atoms with Gasteiger partial charge in [-0.05, 0) is 30.0 Å². The summed E-state index contributed by atoms with van der Waals surface area (Å²) in [6, 6.07) is 8.48. The summed E-state index contributed by atoms with van der Waals surface area (Å²) in [6.45, 7) is 2.20. The lowest BCUT2D eigenvalue weighted by atomic mass is 10.1. The Morgan fingerprint density at radius 1 is 1.39 bits per heavy atom. The van der Waals surface area contributed by atoms with Crippen molar-refractivity contribution in [1.82, 2.24) is 4.98 Å². The quantitative estimate of drug-likeness (QED) is 0.851. The van der Waals surface area contributed by atoms with Gasteiger partial charge in [0.2, 0.25) is 0 Å². The second-order valence-corrected chi connectivity index (χ2v) is 5.06. The van der Waals surface area contributed by atoms with Crippen molar-refractivity contribution in [2.45, 2.75) is 25.8 Å². The number of hydrogen-bond donors (Lipinski definition) is 1. The fraction of sp³-hybridized carbons (Fsp3) is 0.357. The van der Waals surface area contributed by atoms with Crippen molar-refractivity contribution in [3.8, 4) is 5.75 Å². The van der Waals surface area contributed by atoms with Crippen LogP contribution in [0.1, 0.15) is 30.7 Å². The molecule has 0 aliphatic heterocycles. The Hall–Kier alpha value is -1.55. The molecule has 2 rings (SSSR count). The molecule has 4 heteroatoms. The molecule has 0 saturated heterocycles. The summed E-state index contributed by atoms with van der Waals surface area (Å²) in [5.41, 5.74) is 0. The molecule has 1 N–H and O–H groups in total. The van der Waals surface area contributed by atoms with Crippen molar-refractivity contribution in [2.75, 3.05) is 12.4 Å². The molecule has 18 heavy (non-hydrogen) atoms. The number of ether oxygens (including phenoxy) is 1. The minimum Gasteiger partial charge on any atom is -0.495 e. The summed E-state index contributed by atoms with van der Waals surface area (Å²) in [6.07, 6.45) is 3.99. The Labute approximate surface area is 112 Å². The first-order valence-corrected chi connectivity index (χ1v) is 7.01. The third-order valence-electron chi connectivity index (χ3n) is 2.76. The second-order valence-electron chi connectivity index (χ2n) is 4.08. The number of hydrogen-bond acceptors (Lipinski definition) is 4. The molecule has 0 amide bonds. The van der Waals surface area contributed by atoms with Gasteiger partial charge in [0.25, 0.3) is 0 Å². The number of methoxy groups -OCH3 is 1. The summed E-state index contributed by atoms with van der Waals surface area (Å²) < 4.78 is 5.11. The van der Waals surface area contributed by atoms with E-state index in [0.29, 0.717) is 6.04 Å². The van der Waals surface area contributed by atoms with Crippen LogP contribution in [0.25, 0.3) is 0 Å². The zero-order valence-corrected chi connectivity index (χ0v) is 11.5. The maximum atomic E-state index is 5.11. The van der Waals surface area contributed by atoms with Crippen LogP contribution in [0.15, 0.2) is 35.8 Å². The lowest BCUT2D eigenvalue weighted by Crippen LogP contribution is -2.10. The average molecular weight is 262 g/mol. The molecule has 1 atom stereocenters. The molecule has 0 aliphatic rings. The number of pyridine rings is 1. The van der Waals surface area contributed by atoms with E-state index in [1.165, 1.54) is 4.88 Å². The third-order valence-corrected chi connectivity index (χ3v) is 3.74. The molecule has 0 aromatic carbocycles. The average Bonchev–Trinajstić information content (AvgIpc) is 2.93. The molecule has 0 radical (unpaired) electrons. The smallest absolute Gasteiger partial charge is 0.137 e. The molecule has 2 aromatic heterocycles. The van der Waals surface area contributed by atoms with Gasteiger partial charge in [0.05, 0.1) is 19.3 Å². The van der Waals surface area contributed by atoms with E-state index in [2.05, 4.69) is 34.7 Å². The van der Waals surface area contributed by atoms with E-state index in [9.17, 15) is 0 Å². The largest absolute Gasteiger partial charge is 0.495 e. The Bertz CT molecular complexity index is 453. The van der Waals surface area contributed by atoms with Crippen LogP contribution >= 0.6 is 11.3 Å². The lowest BCUT2D eigenvalue weighted by Gasteiger charge is -2.17. The number of nitrogens with one attached hydrogen (secondary N) is 1. The molecule has 96 valence electrons. The van der Waals surface area contributed by atoms with Gasteiger partial charge in [-0.15, -0.1) is 11.3 Å². The molecule has 0 spiro atoms. The van der Waals surface area contributed by atoms with Crippen molar-refractivity contribution < 1.29 is 4.74 Å². The van der Waals surface area contributed by atoms with Gasteiger partial charge in [0.1, 0.15) is 11.6 Å². The molecular weight excluding hydrogens is 244 g/mol. The molecular formula is C14H18N2OS. The highest BCUT2D eigenvalue weighted by molar-refractivity contribution is 7.10. The maximum Gasteiger partial charge on any atom is 0.137 e. The Morgan fingerprint density at radius 3 is 2.83 bits per heavy atom. The maximum absolute atomic E-state index is 5.11. The molecule has 2 aromatic rings. The first kappa shape index (κ1) is 12.9. The van der Waals surface area contributed by atoms with Gasteiger partial charge in [-0.1, -0.05) is 19.4 Å². The molecule has 2 heterocycles. The van der Waals surface area contributed by atoms with E-state index in [1.54, 1.807) is 24.6 Å². The summed E-state index contributed by atoms with van der Waals surface area (Å²) in [4.78, 5) is 5.71. The monoisotopic (exact) mass is 262 g/mol. The Balaban J connectivity index is 2.08. The van der Waals surface area contributed by atoms with Crippen molar-refractivity contribution in [3.05, 3.63) is 40.7 Å². The van der Waals surface area contributed by atoms with Crippen LogP contribution in [0.2, 0.25) is 0 Å². The van der Waals surface area contributed by atoms with Gasteiger partial charge in [0.15, 0.2) is 0 Å². The highest BCUT2D eigenvalue weighted by Gasteiger charge is 2.11. The van der Waals surface area contributed by atoms with Crippen LogP contribution in [-0.2, 0) is 0 Å². The summed E-state index contributed by atoms with van der Waals surface area (Å²) in [7, 11) is 1.65. The molecule has 0 bridgehead atoms. The zero-order chi connectivity index (χ0) is 12.8. The summed E-state index contributed by atoms with van der Waals surface area (Å²) in [5.74, 6) is 1.67. The lowest BCUT2D eigenvalue weighted by molar-refractivity contribution is 0.413. The van der Waals surface area contributed by atoms with Crippen molar-refractivity contribution >= 4 is 17.2 Å². The van der Waals surface area contributed by atoms with E-state index in [0.717, 1.165) is 24.4 Å². The highest BCUT2D eigenvalue weighted by Crippen LogP contribution is 2.27. The minimum atomic E-state index is 0.343. The SMILES string of the molecule is CCCC(Nc1ccc(OC)cn1)c1cccs1. The standard InChI is InChI=1S/C14H18N2OS/c1-3-5-12(13-6-4-9-18-13)16-14-8-7-11(17-2)10-15-14/h4,6-10,12H,3,5H2,1-2H3,(H,15,16). The van der Waals surface area contributed by atoms with E-state index >= 15 is 0 Å². The van der Waals surface area contributed by atoms with Gasteiger partial charge < -0.3 is 10.1 Å². The molecule has 1 unspecified atom stereocenters. The number of rotatable bonds is 6. The number of thiophene rings is 1. The van der Waals surface area contributed by atoms with E-state index < -0.39 is 0 Å². The highest BCUT2D eigenvalue weighted by atomic mass is 32.1. The second kappa shape index (κ2) is 6.40. The van der Waals surface area contributed by atoms with Gasteiger partial charge in [-0.3, -0.25) is 0 Å². The predicted octanol–water partition coefficient (Wildman–Crippen LogP) is 4.11. The molecule has 0 aliphatic carbocycles. The third kappa shape index (κ3) is 3.23. The van der Waals surface area contributed by atoms with Gasteiger partial charge in [0, 0.05) is 4.88 Å². The number of nitrogens with zero attached hydrogens (tertiary/aromatic N) is 1. The van der Waals surface area contributed by atoms with Gasteiger partial charge >= 0.3 is 0 Å². The van der Waals surface area contributed by atoms with Crippen LogP contribution < -0.4 is 10.1 Å². The van der Waals surface area contributed by atoms with Crippen molar-refractivity contribution in [1.29, 1.82) is 0 Å². The van der Waals surface area contributed by atoms with E-state index in [4.69, 9.17) is 4.74 Å². The zero-order valence-electron chi connectivity index (χ0n) is 10.7. The molecule has 0 fully saturated rings. The topological polar surface area (TPSA) is 34.1 Å². The van der Waals surface area contributed by atoms with Crippen LogP contribution in [0.5, 0.6) is 5.75 Å². The van der Waals surface area contributed by atoms with Crippen LogP contribution in [0.3, 0.4) is 0 Å².